The van der Waals surface area contributed by atoms with Gasteiger partial charge in [0.15, 0.2) is 5.71 Å². The minimum Gasteiger partial charge on any atom is -0.390 e. The fourth-order valence-electron chi connectivity index (χ4n) is 9.66. The number of anilines is 1. The molecular weight excluding hydrogens is 1260 g/mol. The molecule has 35 heteroatoms. The maximum Gasteiger partial charge on any atom is 0.490 e. The van der Waals surface area contributed by atoms with Crippen LogP contribution in [0.2, 0.25) is 0 Å². The molecule has 1 saturated heterocycles. The van der Waals surface area contributed by atoms with Gasteiger partial charge in [-0.15, -0.1) is 0 Å². The van der Waals surface area contributed by atoms with Crippen molar-refractivity contribution in [1.29, 1.82) is 0 Å². The maximum absolute atomic E-state index is 12.7. The zero-order valence-corrected chi connectivity index (χ0v) is 52.5. The number of hydrogen-bond donors (Lipinski definition) is 10. The van der Waals surface area contributed by atoms with Crippen molar-refractivity contribution < 1.29 is 96.4 Å². The lowest BCUT2D eigenvalue weighted by Gasteiger charge is -2.25. The lowest BCUT2D eigenvalue weighted by atomic mass is 9.81. The number of H-pyrrole nitrogens is 1. The molecule has 0 radical (unpaired) electrons. The van der Waals surface area contributed by atoms with E-state index >= 15 is 0 Å². The zero-order valence-electron chi connectivity index (χ0n) is 46.6. The molecule has 3 aliphatic rings. The van der Waals surface area contributed by atoms with Crippen molar-refractivity contribution in [2.75, 3.05) is 49.2 Å². The number of benzene rings is 2. The first-order valence-corrected chi connectivity index (χ1v) is 36.1. The number of fused-ring (bicyclic) bond motifs is 2. The number of unbranched alkanes of at least 4 members (excludes halogenated alkanes) is 2. The van der Waals surface area contributed by atoms with E-state index in [9.17, 15) is 73.7 Å². The highest BCUT2D eigenvalue weighted by Crippen LogP contribution is 2.66. The van der Waals surface area contributed by atoms with E-state index in [1.807, 2.05) is 65.0 Å². The third kappa shape index (κ3) is 18.9. The van der Waals surface area contributed by atoms with Crippen molar-refractivity contribution >= 4 is 100 Å². The van der Waals surface area contributed by atoms with E-state index in [0.717, 1.165) is 44.7 Å². The van der Waals surface area contributed by atoms with Crippen LogP contribution in [0.1, 0.15) is 96.1 Å². The molecule has 0 spiro atoms. The molecular formula is C50H68N6O22P3S4+. The van der Waals surface area contributed by atoms with Gasteiger partial charge in [0.25, 0.3) is 25.8 Å². The molecule has 6 rings (SSSR count). The smallest absolute Gasteiger partial charge is 0.390 e. The molecule has 5 atom stereocenters. The number of aromatic amines is 1. The maximum atomic E-state index is 12.7. The van der Waals surface area contributed by atoms with Gasteiger partial charge < -0.3 is 45.0 Å². The Morgan fingerprint density at radius 1 is 0.835 bits per heavy atom. The number of nitrogens with one attached hydrogen (secondary N) is 3. The standard InChI is InChI=1S/C50H67N6O22P3S4/c1-6-54-38-20-18-34(84(69,70)71)28-36(38)49(2,3)42(54)15-9-7-10-16-43-50(4,5)37-29-35(85(72,73)74)19-21-39(37)55(43)25-12-8-11-17-44(58)52-24-27-83-82-26-22-45(59)51-23-13-14-33-31-56(48(61)53-47(33)60)46-30-40(57)41(76-46)32-75-80(65,66)78-81(67,68)77-79(62,63)64/h7,9-10,13-16,18-21,28-29,31,40-41,46,57H,6,8,11-12,17,22-27,30,32H2,1-5H3,(H8-,51,52,53,58,59,60,61,62,63,64,65,66,67,68,69,70,71,72,73,74)/p+1/b14-13+/t40?,41-,46-/m1/s1. The Kier molecular flexibility index (Phi) is 23.4. The van der Waals surface area contributed by atoms with Crippen molar-refractivity contribution in [1.82, 2.24) is 20.2 Å². The number of aliphatic hydroxyl groups excluding tert-OH is 1. The van der Waals surface area contributed by atoms with Crippen LogP contribution in [0.4, 0.5) is 11.4 Å². The molecule has 10 N–H and O–H groups in total. The van der Waals surface area contributed by atoms with Crippen LogP contribution in [0.15, 0.2) is 104 Å². The Bertz CT molecular complexity index is 3670. The molecule has 28 nitrogen and oxygen atoms in total. The van der Waals surface area contributed by atoms with Crippen LogP contribution in [0, 0.1) is 0 Å². The summed E-state index contributed by atoms with van der Waals surface area (Å²) in [6.07, 6.45) is 11.5. The van der Waals surface area contributed by atoms with E-state index in [2.05, 4.69) is 38.2 Å². The van der Waals surface area contributed by atoms with Gasteiger partial charge in [0.05, 0.1) is 33.5 Å². The second-order valence-corrected chi connectivity index (χ2v) is 30.4. The fraction of sp³-hybridized carbons (Fsp3) is 0.460. The average Bonchev–Trinajstić information content (AvgIpc) is 3.86. The number of phosphoric acid groups is 3. The topological polar surface area (TPSA) is 417 Å². The molecule has 3 unspecified atom stereocenters. The Hall–Kier alpha value is -4.66. The van der Waals surface area contributed by atoms with Gasteiger partial charge in [0, 0.05) is 97.5 Å². The Morgan fingerprint density at radius 3 is 2.16 bits per heavy atom. The molecule has 3 aromatic rings. The first-order valence-electron chi connectivity index (χ1n) is 26.2. The molecule has 2 amide bonds. The summed E-state index contributed by atoms with van der Waals surface area (Å²) in [6.45, 7) is 10.5. The van der Waals surface area contributed by atoms with E-state index in [-0.39, 0.29) is 46.6 Å². The van der Waals surface area contributed by atoms with Crippen molar-refractivity contribution in [2.45, 2.75) is 112 Å². The number of rotatable bonds is 30. The van der Waals surface area contributed by atoms with Crippen LogP contribution in [0.5, 0.6) is 0 Å². The lowest BCUT2D eigenvalue weighted by Crippen LogP contribution is -2.33. The minimum absolute atomic E-state index is 0.00675. The number of phosphoric ester groups is 1. The second kappa shape index (κ2) is 28.7. The summed E-state index contributed by atoms with van der Waals surface area (Å²) in [5.41, 5.74) is 1.92. The average molecular weight is 1330 g/mol. The molecule has 0 aliphatic carbocycles. The molecule has 468 valence electrons. The van der Waals surface area contributed by atoms with Gasteiger partial charge in [-0.1, -0.05) is 65.8 Å². The van der Waals surface area contributed by atoms with Gasteiger partial charge in [0.2, 0.25) is 17.5 Å². The van der Waals surface area contributed by atoms with Crippen LogP contribution in [0.3, 0.4) is 0 Å². The van der Waals surface area contributed by atoms with Crippen molar-refractivity contribution in [2.24, 2.45) is 0 Å². The zero-order chi connectivity index (χ0) is 62.9. The molecule has 1 fully saturated rings. The normalized spacial score (nSPS) is 20.6. The number of likely N-dealkylation sites (N-methyl/N-ethyl adjacent to an activating group) is 1. The molecule has 0 saturated carbocycles. The quantitative estimate of drug-likeness (QED) is 0.00984. The number of nitrogens with zero attached hydrogens (tertiary/aromatic N) is 3. The SMILES string of the molecule is CCN1C(=CC=CC=CC2=[N+](CCCCCC(=O)NCCSSCCC(=O)NC/C=C/c3cn([C@H]4CC(O)[C@@H](COP(=O)(O)OP(=O)(O)OP(=O)(O)O)O4)c(=O)[nH]c3=O)c3ccc(S(=O)(=O)O)cc3C2(C)C)C(C)(C)c2cc(S(=O)(=O)O)ccc21. The first-order chi connectivity index (χ1) is 39.5. The van der Waals surface area contributed by atoms with Gasteiger partial charge in [-0.25, -0.2) is 18.5 Å². The minimum atomic E-state index is -5.80. The monoisotopic (exact) mass is 1330 g/mol. The summed E-state index contributed by atoms with van der Waals surface area (Å²) in [6, 6.07) is 9.14. The van der Waals surface area contributed by atoms with Crippen molar-refractivity contribution in [3.63, 3.8) is 0 Å². The number of allylic oxidation sites excluding steroid dienone is 6. The summed E-state index contributed by atoms with van der Waals surface area (Å²) in [4.78, 5) is 90.5. The number of amides is 2. The largest absolute Gasteiger partial charge is 0.490 e. The molecule has 4 heterocycles. The van der Waals surface area contributed by atoms with E-state index in [4.69, 9.17) is 14.5 Å². The molecule has 3 aliphatic heterocycles. The van der Waals surface area contributed by atoms with Gasteiger partial charge in [-0.3, -0.25) is 37.6 Å². The Balaban J connectivity index is 0.905. The van der Waals surface area contributed by atoms with Crippen LogP contribution in [-0.4, -0.2) is 139 Å². The van der Waals surface area contributed by atoms with E-state index < -0.39 is 90.8 Å². The number of aromatic nitrogens is 2. The molecule has 85 heavy (non-hydrogen) atoms. The number of hydrogen-bond acceptors (Lipinski definition) is 19. The third-order valence-corrected chi connectivity index (χ3v) is 21.6. The lowest BCUT2D eigenvalue weighted by molar-refractivity contribution is -0.438. The number of aliphatic hydroxyl groups is 1. The number of carbonyl (C=O) groups is 2. The predicted octanol–water partition coefficient (Wildman–Crippen LogP) is 5.49. The van der Waals surface area contributed by atoms with Gasteiger partial charge in [-0.2, -0.15) is 30.0 Å². The molecule has 0 bridgehead atoms. The van der Waals surface area contributed by atoms with Gasteiger partial charge in [0.1, 0.15) is 18.9 Å². The van der Waals surface area contributed by atoms with E-state index in [1.54, 1.807) is 12.1 Å². The first kappa shape index (κ1) is 69.4. The van der Waals surface area contributed by atoms with Gasteiger partial charge in [-0.05, 0) is 75.6 Å². The fourth-order valence-corrected chi connectivity index (χ4v) is 15.6. The highest BCUT2D eigenvalue weighted by Gasteiger charge is 2.46. The van der Waals surface area contributed by atoms with E-state index in [0.29, 0.717) is 56.8 Å². The summed E-state index contributed by atoms with van der Waals surface area (Å²) < 4.78 is 123. The van der Waals surface area contributed by atoms with Crippen molar-refractivity contribution in [3.05, 3.63) is 122 Å². The van der Waals surface area contributed by atoms with Crippen LogP contribution >= 0.6 is 45.1 Å². The summed E-state index contributed by atoms with van der Waals surface area (Å²) >= 11 is 0. The van der Waals surface area contributed by atoms with Crippen LogP contribution in [0.25, 0.3) is 6.08 Å². The third-order valence-electron chi connectivity index (χ3n) is 13.7. The highest BCUT2D eigenvalue weighted by atomic mass is 33.1. The van der Waals surface area contributed by atoms with Gasteiger partial charge >= 0.3 is 29.2 Å². The van der Waals surface area contributed by atoms with Crippen LogP contribution < -0.4 is 26.8 Å². The molecule has 1 aromatic heterocycles. The summed E-state index contributed by atoms with van der Waals surface area (Å²) in [5.74, 6) is 0.637. The summed E-state index contributed by atoms with van der Waals surface area (Å²) in [5, 5.41) is 16.0. The van der Waals surface area contributed by atoms with Crippen molar-refractivity contribution in [3.8, 4) is 0 Å². The molecule has 2 aromatic carbocycles. The number of ether oxygens (including phenoxy) is 1. The second-order valence-electron chi connectivity index (χ2n) is 20.5. The highest BCUT2D eigenvalue weighted by molar-refractivity contribution is 8.76. The predicted molar refractivity (Wildman–Crippen MR) is 316 cm³/mol. The Labute approximate surface area is 497 Å². The van der Waals surface area contributed by atoms with E-state index in [1.165, 1.54) is 58.0 Å². The number of carbonyl (C=O) groups excluding carboxylic acids is 2. The Morgan fingerprint density at radius 2 is 1.49 bits per heavy atom. The summed E-state index contributed by atoms with van der Waals surface area (Å²) in [7, 11) is -22.9. The van der Waals surface area contributed by atoms with Crippen LogP contribution in [-0.2, 0) is 72.2 Å².